The third-order valence-corrected chi connectivity index (χ3v) is 4.79. The molecule has 0 bridgehead atoms. The van der Waals surface area contributed by atoms with E-state index in [0.29, 0.717) is 0 Å². The molecule has 0 aromatic heterocycles. The van der Waals surface area contributed by atoms with Crippen LogP contribution in [0.3, 0.4) is 0 Å². The van der Waals surface area contributed by atoms with Crippen molar-refractivity contribution in [2.24, 2.45) is 0 Å². The smallest absolute Gasteiger partial charge is 0.0106 e. The minimum atomic E-state index is 1.29. The lowest BCUT2D eigenvalue weighted by Gasteiger charge is -2.02. The van der Waals surface area contributed by atoms with Gasteiger partial charge in [0.2, 0.25) is 0 Å². The fourth-order valence-corrected chi connectivity index (χ4v) is 3.77. The molecule has 0 unspecified atom stereocenters. The molecule has 0 amide bonds. The molecule has 64 valence electrons. The van der Waals surface area contributed by atoms with Crippen molar-refractivity contribution >= 4 is 21.8 Å². The van der Waals surface area contributed by atoms with Crippen LogP contribution in [0, 0.1) is 6.92 Å². The number of hydrogen-bond acceptors (Lipinski definition) is 0. The Hall–Kier alpha value is 0.0800. The van der Waals surface area contributed by atoms with E-state index in [2.05, 4.69) is 38.1 Å². The molecule has 1 aromatic carbocycles. The fourth-order valence-electron chi connectivity index (χ4n) is 0.902. The quantitative estimate of drug-likeness (QED) is 0.507. The summed E-state index contributed by atoms with van der Waals surface area (Å²) in [6.45, 7) is 4.42. The molecule has 2 radical (unpaired) electrons. The van der Waals surface area contributed by atoms with E-state index in [1.165, 1.54) is 40.0 Å². The van der Waals surface area contributed by atoms with Crippen molar-refractivity contribution in [1.29, 1.82) is 0 Å². The van der Waals surface area contributed by atoms with Crippen molar-refractivity contribution in [1.82, 2.24) is 0 Å². The number of rotatable bonds is 4. The van der Waals surface area contributed by atoms with E-state index in [-0.39, 0.29) is 0 Å². The Bertz CT molecular complexity index is 233. The molecule has 0 aliphatic carbocycles. The largest absolute Gasteiger partial charge is 0.0650 e. The van der Waals surface area contributed by atoms with Gasteiger partial charge in [-0.15, -0.1) is 0 Å². The summed E-state index contributed by atoms with van der Waals surface area (Å²) < 4.78 is 0. The van der Waals surface area contributed by atoms with E-state index in [9.17, 15) is 0 Å². The first kappa shape index (κ1) is 10.2. The second-order valence-electron chi connectivity index (χ2n) is 2.75. The number of benzene rings is 1. The molecule has 0 fully saturated rings. The first-order valence-corrected chi connectivity index (χ1v) is 6.95. The summed E-state index contributed by atoms with van der Waals surface area (Å²) >= 11 is 0. The molecule has 0 aliphatic heterocycles. The van der Waals surface area contributed by atoms with E-state index in [1.807, 2.05) is 0 Å². The van der Waals surface area contributed by atoms with Crippen molar-refractivity contribution in [2.45, 2.75) is 20.3 Å². The summed E-state index contributed by atoms with van der Waals surface area (Å²) in [6, 6.07) is 8.63. The highest BCUT2D eigenvalue weighted by Crippen LogP contribution is 2.36. The standard InChI is InChI=1S/C10H14P2/c1-3-8-11-12-10-7-5-4-6-9(10)2/h4-7H,3,8H2,1-2H3. The lowest BCUT2D eigenvalue weighted by atomic mass is 10.2. The van der Waals surface area contributed by atoms with Crippen LogP contribution in [0.1, 0.15) is 18.9 Å². The summed E-state index contributed by atoms with van der Waals surface area (Å²) in [7, 11) is 3.00. The van der Waals surface area contributed by atoms with Gasteiger partial charge in [-0.2, -0.15) is 0 Å². The van der Waals surface area contributed by atoms with Gasteiger partial charge in [0.1, 0.15) is 0 Å². The lowest BCUT2D eigenvalue weighted by Crippen LogP contribution is -1.95. The molecular weight excluding hydrogens is 182 g/mol. The summed E-state index contributed by atoms with van der Waals surface area (Å²) in [6.07, 6.45) is 2.61. The molecule has 0 saturated carbocycles. The highest BCUT2D eigenvalue weighted by molar-refractivity contribution is 8.15. The second kappa shape index (κ2) is 5.68. The Morgan fingerprint density at radius 2 is 2.00 bits per heavy atom. The van der Waals surface area contributed by atoms with Gasteiger partial charge in [0, 0.05) is 0 Å². The lowest BCUT2D eigenvalue weighted by molar-refractivity contribution is 1.11. The van der Waals surface area contributed by atoms with Crippen molar-refractivity contribution in [2.75, 3.05) is 6.16 Å². The maximum absolute atomic E-state index is 2.24. The van der Waals surface area contributed by atoms with Crippen molar-refractivity contribution < 1.29 is 0 Å². The molecule has 0 aliphatic rings. The van der Waals surface area contributed by atoms with Gasteiger partial charge in [-0.1, -0.05) is 37.6 Å². The fraction of sp³-hybridized carbons (Fsp3) is 0.400. The molecule has 1 rings (SSSR count). The van der Waals surface area contributed by atoms with Crippen LogP contribution in [-0.4, -0.2) is 6.16 Å². The molecule has 0 spiro atoms. The van der Waals surface area contributed by atoms with Crippen LogP contribution in [-0.2, 0) is 0 Å². The zero-order valence-corrected chi connectivity index (χ0v) is 9.41. The minimum Gasteiger partial charge on any atom is -0.0650 e. The molecule has 0 atom stereocenters. The van der Waals surface area contributed by atoms with Crippen LogP contribution in [0.5, 0.6) is 0 Å². The molecular formula is C10H14P2. The van der Waals surface area contributed by atoms with Gasteiger partial charge in [0.15, 0.2) is 0 Å². The summed E-state index contributed by atoms with van der Waals surface area (Å²) in [5, 5.41) is 1.48. The molecule has 0 saturated heterocycles. The topological polar surface area (TPSA) is 0 Å². The van der Waals surface area contributed by atoms with Crippen LogP contribution < -0.4 is 5.30 Å². The zero-order chi connectivity index (χ0) is 8.81. The first-order chi connectivity index (χ1) is 5.84. The van der Waals surface area contributed by atoms with Gasteiger partial charge >= 0.3 is 0 Å². The molecule has 2 heteroatoms. The molecule has 0 heterocycles. The van der Waals surface area contributed by atoms with E-state index < -0.39 is 0 Å². The van der Waals surface area contributed by atoms with Crippen LogP contribution in [0.4, 0.5) is 0 Å². The van der Waals surface area contributed by atoms with Gasteiger partial charge in [0.25, 0.3) is 0 Å². The van der Waals surface area contributed by atoms with Gasteiger partial charge in [0.05, 0.1) is 0 Å². The monoisotopic (exact) mass is 196 g/mol. The van der Waals surface area contributed by atoms with E-state index in [4.69, 9.17) is 0 Å². The molecule has 0 nitrogen and oxygen atoms in total. The Morgan fingerprint density at radius 1 is 1.25 bits per heavy atom. The van der Waals surface area contributed by atoms with Gasteiger partial charge in [-0.05, 0) is 40.5 Å². The molecule has 0 N–H and O–H groups in total. The average molecular weight is 196 g/mol. The van der Waals surface area contributed by atoms with Crippen molar-refractivity contribution in [3.63, 3.8) is 0 Å². The van der Waals surface area contributed by atoms with E-state index >= 15 is 0 Å². The second-order valence-corrected chi connectivity index (χ2v) is 5.61. The highest BCUT2D eigenvalue weighted by atomic mass is 32.0. The van der Waals surface area contributed by atoms with Crippen molar-refractivity contribution in [3.8, 4) is 0 Å². The van der Waals surface area contributed by atoms with Crippen LogP contribution in [0.25, 0.3) is 0 Å². The minimum absolute atomic E-state index is 1.29. The van der Waals surface area contributed by atoms with E-state index in [1.54, 1.807) is 0 Å². The zero-order valence-electron chi connectivity index (χ0n) is 7.62. The third kappa shape index (κ3) is 3.21. The van der Waals surface area contributed by atoms with Gasteiger partial charge in [-0.3, -0.25) is 0 Å². The van der Waals surface area contributed by atoms with Crippen molar-refractivity contribution in [3.05, 3.63) is 29.8 Å². The maximum Gasteiger partial charge on any atom is -0.0106 e. The molecule has 12 heavy (non-hydrogen) atoms. The predicted molar refractivity (Wildman–Crippen MR) is 59.8 cm³/mol. The van der Waals surface area contributed by atoms with Gasteiger partial charge < -0.3 is 0 Å². The Morgan fingerprint density at radius 3 is 2.67 bits per heavy atom. The van der Waals surface area contributed by atoms with Crippen LogP contribution in [0.15, 0.2) is 24.3 Å². The van der Waals surface area contributed by atoms with Crippen LogP contribution >= 0.6 is 16.5 Å². The Labute approximate surface area is 78.6 Å². The third-order valence-electron chi connectivity index (χ3n) is 1.62. The molecule has 1 aromatic rings. The normalized spacial score (nSPS) is 12.2. The predicted octanol–water partition coefficient (Wildman–Crippen LogP) is 3.84. The summed E-state index contributed by atoms with van der Waals surface area (Å²) in [5.74, 6) is 0. The number of aryl methyl sites for hydroxylation is 1. The first-order valence-electron chi connectivity index (χ1n) is 4.27. The SMILES string of the molecule is CCC[P][P]c1ccccc1C. The van der Waals surface area contributed by atoms with E-state index in [0.717, 1.165) is 0 Å². The highest BCUT2D eigenvalue weighted by Gasteiger charge is 1.96. The summed E-state index contributed by atoms with van der Waals surface area (Å²) in [4.78, 5) is 0. The Balaban J connectivity index is 2.46. The summed E-state index contributed by atoms with van der Waals surface area (Å²) in [5.41, 5.74) is 1.42. The van der Waals surface area contributed by atoms with Crippen LogP contribution in [0.2, 0.25) is 0 Å². The number of hydrogen-bond donors (Lipinski definition) is 0. The van der Waals surface area contributed by atoms with Gasteiger partial charge in [-0.25, -0.2) is 0 Å². The maximum atomic E-state index is 2.24. The Kier molecular flexibility index (Phi) is 4.81. The average Bonchev–Trinajstić information content (AvgIpc) is 2.09.